The van der Waals surface area contributed by atoms with Gasteiger partial charge in [-0.3, -0.25) is 24.0 Å². The molecule has 0 spiro atoms. The Kier molecular flexibility index (Phi) is 31.2. The predicted octanol–water partition coefficient (Wildman–Crippen LogP) is 2.02. The summed E-state index contributed by atoms with van der Waals surface area (Å²) in [4.78, 5) is 85.7. The van der Waals surface area contributed by atoms with E-state index in [1.165, 1.54) is 11.8 Å². The number of hydrogen-bond donors (Lipinski definition) is 9. The summed E-state index contributed by atoms with van der Waals surface area (Å²) in [5, 5.41) is 31.9. The standard InChI is InChI=1S/C30H59N7O6S.C8H14O3/c1-7-20(4)25(33-5)29(41)35-22(13-9-11-16-32)26(38)34-21(12-8-10-15-31)27(39)37-24(18-19(2)3)28(40)36-23(30(42)43)14-17-44-6;1-6(2)7(5-9)3-4-8(10)11/h19-25,33H,7-18,31-32H2,1-6H3,(H,34,38)(H,35,41)(H,36,40)(H,37,39)(H,42,43);5-7H,3-4H2,1-2H3,(H,10,11). The lowest BCUT2D eigenvalue weighted by Crippen LogP contribution is -2.59. The fraction of sp³-hybridized carbons (Fsp3) is 0.816. The van der Waals surface area contributed by atoms with Crippen LogP contribution in [0.3, 0.4) is 0 Å². The van der Waals surface area contributed by atoms with Crippen LogP contribution in [-0.2, 0) is 33.6 Å². The molecule has 320 valence electrons. The quantitative estimate of drug-likeness (QED) is 0.0372. The highest BCUT2D eigenvalue weighted by Gasteiger charge is 2.32. The van der Waals surface area contributed by atoms with Crippen molar-refractivity contribution in [2.24, 2.45) is 35.1 Å². The third-order valence-electron chi connectivity index (χ3n) is 9.25. The van der Waals surface area contributed by atoms with Gasteiger partial charge in [0.05, 0.1) is 6.04 Å². The predicted molar refractivity (Wildman–Crippen MR) is 217 cm³/mol. The van der Waals surface area contributed by atoms with Crippen molar-refractivity contribution in [1.29, 1.82) is 0 Å². The lowest BCUT2D eigenvalue weighted by molar-refractivity contribution is -0.142. The first kappa shape index (κ1) is 53.8. The molecule has 0 saturated heterocycles. The molecule has 0 fully saturated rings. The lowest BCUT2D eigenvalue weighted by atomic mass is 9.93. The number of aliphatic carboxylic acids is 2. The van der Waals surface area contributed by atoms with Crippen molar-refractivity contribution in [3.05, 3.63) is 0 Å². The first-order valence-electron chi connectivity index (χ1n) is 19.6. The van der Waals surface area contributed by atoms with Crippen LogP contribution in [0.4, 0.5) is 0 Å². The van der Waals surface area contributed by atoms with Gasteiger partial charge in [-0.15, -0.1) is 0 Å². The number of carbonyl (C=O) groups is 7. The molecule has 17 heteroatoms. The summed E-state index contributed by atoms with van der Waals surface area (Å²) in [5.74, 6) is -3.22. The molecule has 0 aliphatic rings. The maximum absolute atomic E-state index is 13.6. The highest BCUT2D eigenvalue weighted by molar-refractivity contribution is 7.98. The minimum Gasteiger partial charge on any atom is -0.481 e. The van der Waals surface area contributed by atoms with Crippen LogP contribution in [0, 0.1) is 23.7 Å². The zero-order valence-corrected chi connectivity index (χ0v) is 35.3. The van der Waals surface area contributed by atoms with Crippen molar-refractivity contribution in [2.75, 3.05) is 32.1 Å². The van der Waals surface area contributed by atoms with E-state index in [0.717, 1.165) is 12.7 Å². The van der Waals surface area contributed by atoms with Crippen LogP contribution in [0.5, 0.6) is 0 Å². The second-order valence-electron chi connectivity index (χ2n) is 14.7. The number of nitrogens with one attached hydrogen (secondary N) is 5. The van der Waals surface area contributed by atoms with Gasteiger partial charge in [-0.25, -0.2) is 4.79 Å². The summed E-state index contributed by atoms with van der Waals surface area (Å²) < 4.78 is 0. The van der Waals surface area contributed by atoms with Gasteiger partial charge in [-0.1, -0.05) is 48.0 Å². The number of likely N-dealkylation sites (N-methyl/N-ethyl adjacent to an activating group) is 1. The molecule has 0 heterocycles. The average Bonchev–Trinajstić information content (AvgIpc) is 3.12. The van der Waals surface area contributed by atoms with E-state index in [1.54, 1.807) is 7.05 Å². The van der Waals surface area contributed by atoms with Gasteiger partial charge >= 0.3 is 11.9 Å². The number of amides is 4. The molecule has 0 aromatic heterocycles. The Balaban J connectivity index is 0. The third kappa shape index (κ3) is 24.8. The summed E-state index contributed by atoms with van der Waals surface area (Å²) in [6.07, 6.45) is 7.56. The molecular formula is C38H73N7O9S. The summed E-state index contributed by atoms with van der Waals surface area (Å²) >= 11 is 1.47. The highest BCUT2D eigenvalue weighted by atomic mass is 32.2. The fourth-order valence-electron chi connectivity index (χ4n) is 5.56. The van der Waals surface area contributed by atoms with E-state index in [1.807, 2.05) is 47.8 Å². The molecule has 0 aliphatic carbocycles. The number of carbonyl (C=O) groups excluding carboxylic acids is 5. The molecule has 7 unspecified atom stereocenters. The van der Waals surface area contributed by atoms with E-state index in [9.17, 15) is 38.7 Å². The Morgan fingerprint density at radius 2 is 1.16 bits per heavy atom. The minimum atomic E-state index is -1.15. The maximum atomic E-state index is 13.6. The van der Waals surface area contributed by atoms with Crippen molar-refractivity contribution < 1.29 is 43.8 Å². The monoisotopic (exact) mass is 804 g/mol. The normalized spacial score (nSPS) is 14.9. The van der Waals surface area contributed by atoms with Crippen molar-refractivity contribution in [1.82, 2.24) is 26.6 Å². The zero-order valence-electron chi connectivity index (χ0n) is 34.5. The summed E-state index contributed by atoms with van der Waals surface area (Å²) in [6, 6.07) is -4.46. The molecule has 0 rings (SSSR count). The largest absolute Gasteiger partial charge is 0.481 e. The van der Waals surface area contributed by atoms with Crippen LogP contribution < -0.4 is 38.1 Å². The molecule has 55 heavy (non-hydrogen) atoms. The molecule has 0 saturated carbocycles. The van der Waals surface area contributed by atoms with Gasteiger partial charge in [-0.2, -0.15) is 11.8 Å². The van der Waals surface area contributed by atoms with Crippen molar-refractivity contribution in [3.63, 3.8) is 0 Å². The maximum Gasteiger partial charge on any atom is 0.326 e. The highest BCUT2D eigenvalue weighted by Crippen LogP contribution is 2.14. The Labute approximate surface area is 333 Å². The van der Waals surface area contributed by atoms with Gasteiger partial charge in [-0.05, 0) is 108 Å². The van der Waals surface area contributed by atoms with E-state index < -0.39 is 59.9 Å². The molecule has 7 atom stereocenters. The SMILES string of the molecule is CC(C)C(C=O)CCC(=O)O.CCC(C)C(NC)C(=O)NC(CCCCN)C(=O)NC(CCCCN)C(=O)NC(CC(C)C)C(=O)NC(CCSC)C(=O)O. The van der Waals surface area contributed by atoms with Crippen molar-refractivity contribution in [3.8, 4) is 0 Å². The van der Waals surface area contributed by atoms with Crippen LogP contribution in [0.25, 0.3) is 0 Å². The van der Waals surface area contributed by atoms with Gasteiger partial charge < -0.3 is 53.1 Å². The average molecular weight is 804 g/mol. The second-order valence-corrected chi connectivity index (χ2v) is 15.7. The number of rotatable bonds is 30. The first-order chi connectivity index (χ1) is 25.9. The Bertz CT molecular complexity index is 1150. The van der Waals surface area contributed by atoms with Gasteiger partial charge in [0.25, 0.3) is 0 Å². The third-order valence-corrected chi connectivity index (χ3v) is 9.90. The van der Waals surface area contributed by atoms with E-state index in [0.29, 0.717) is 57.4 Å². The fourth-order valence-corrected chi connectivity index (χ4v) is 6.03. The number of carboxylic acids is 2. The molecule has 0 aromatic carbocycles. The second kappa shape index (κ2) is 31.9. The molecule has 0 aliphatic heterocycles. The van der Waals surface area contributed by atoms with Crippen LogP contribution in [0.15, 0.2) is 0 Å². The summed E-state index contributed by atoms with van der Waals surface area (Å²) in [6.45, 7) is 12.4. The molecule has 4 amide bonds. The molecule has 0 radical (unpaired) electrons. The molecule has 16 nitrogen and oxygen atoms in total. The van der Waals surface area contributed by atoms with Crippen molar-refractivity contribution >= 4 is 53.6 Å². The Hall–Kier alpha value is -3.28. The van der Waals surface area contributed by atoms with E-state index in [2.05, 4.69) is 26.6 Å². The Morgan fingerprint density at radius 1 is 0.691 bits per heavy atom. The number of carboxylic acid groups (broad SMARTS) is 2. The smallest absolute Gasteiger partial charge is 0.326 e. The van der Waals surface area contributed by atoms with Crippen LogP contribution in [-0.4, -0.2) is 114 Å². The number of aldehydes is 1. The molecule has 0 bridgehead atoms. The van der Waals surface area contributed by atoms with Crippen molar-refractivity contribution in [2.45, 2.75) is 142 Å². The van der Waals surface area contributed by atoms with Gasteiger partial charge in [0, 0.05) is 12.3 Å². The minimum absolute atomic E-state index is 0.0126. The number of nitrogens with two attached hydrogens (primary N) is 2. The Morgan fingerprint density at radius 3 is 1.55 bits per heavy atom. The van der Waals surface area contributed by atoms with Gasteiger partial charge in [0.2, 0.25) is 23.6 Å². The van der Waals surface area contributed by atoms with E-state index >= 15 is 0 Å². The number of thioether (sulfide) groups is 1. The molecule has 0 aromatic rings. The first-order valence-corrected chi connectivity index (χ1v) is 21.0. The summed E-state index contributed by atoms with van der Waals surface area (Å²) in [7, 11) is 1.70. The molecule has 11 N–H and O–H groups in total. The van der Waals surface area contributed by atoms with E-state index in [4.69, 9.17) is 16.6 Å². The van der Waals surface area contributed by atoms with Crippen LogP contribution >= 0.6 is 11.8 Å². The number of hydrogen-bond acceptors (Lipinski definition) is 11. The zero-order chi connectivity index (χ0) is 42.5. The van der Waals surface area contributed by atoms with E-state index in [-0.39, 0.29) is 55.3 Å². The molecular weight excluding hydrogens is 731 g/mol. The van der Waals surface area contributed by atoms with Gasteiger partial charge in [0.1, 0.15) is 30.5 Å². The topological polar surface area (TPSA) is 272 Å². The summed E-state index contributed by atoms with van der Waals surface area (Å²) in [5.41, 5.74) is 11.3. The van der Waals surface area contributed by atoms with Gasteiger partial charge in [0.15, 0.2) is 0 Å². The number of unbranched alkanes of at least 4 members (excludes halogenated alkanes) is 2. The lowest BCUT2D eigenvalue weighted by Gasteiger charge is -2.28. The van der Waals surface area contributed by atoms with Crippen LogP contribution in [0.2, 0.25) is 0 Å². The van der Waals surface area contributed by atoms with Crippen LogP contribution in [0.1, 0.15) is 112 Å².